The summed E-state index contributed by atoms with van der Waals surface area (Å²) < 4.78 is 21.3. The van der Waals surface area contributed by atoms with Crippen molar-refractivity contribution in [1.82, 2.24) is 0 Å². The van der Waals surface area contributed by atoms with Crippen LogP contribution < -0.4 is 19.3 Å². The van der Waals surface area contributed by atoms with Crippen molar-refractivity contribution in [1.29, 1.82) is 0 Å². The van der Waals surface area contributed by atoms with Crippen LogP contribution in [-0.2, 0) is 10.7 Å². The van der Waals surface area contributed by atoms with Gasteiger partial charge in [-0.05, 0) is 23.6 Å². The van der Waals surface area contributed by atoms with Crippen molar-refractivity contribution in [2.75, 3.05) is 14.2 Å². The summed E-state index contributed by atoms with van der Waals surface area (Å²) in [6.45, 7) is 3.96. The molecular weight excluding hydrogens is 255 g/mol. The summed E-state index contributed by atoms with van der Waals surface area (Å²) in [6.07, 6.45) is -0.544. The largest absolute Gasteiger partial charge is 0.810 e. The maximum absolute atomic E-state index is 10.8. The Morgan fingerprint density at radius 3 is 1.89 bits per heavy atom. The minimum atomic E-state index is -4.60. The van der Waals surface area contributed by atoms with Crippen LogP contribution in [0.25, 0.3) is 0 Å². The molecule has 102 valence electrons. The molecule has 0 amide bonds. The Hall–Kier alpha value is -1.03. The van der Waals surface area contributed by atoms with Crippen LogP contribution in [0.2, 0.25) is 0 Å². The highest BCUT2D eigenvalue weighted by atomic mass is 31.2. The molecule has 0 heterocycles. The van der Waals surface area contributed by atoms with Crippen molar-refractivity contribution in [2.45, 2.75) is 25.9 Å². The second-order valence-corrected chi connectivity index (χ2v) is 5.88. The van der Waals surface area contributed by atoms with Gasteiger partial charge >= 0.3 is 0 Å². The van der Waals surface area contributed by atoms with Crippen LogP contribution in [0.5, 0.6) is 11.5 Å². The van der Waals surface area contributed by atoms with Gasteiger partial charge < -0.3 is 23.8 Å². The average Bonchev–Trinajstić information content (AvgIpc) is 2.24. The molecule has 0 aliphatic carbocycles. The van der Waals surface area contributed by atoms with E-state index in [4.69, 9.17) is 9.47 Å². The Morgan fingerprint density at radius 2 is 1.61 bits per heavy atom. The summed E-state index contributed by atoms with van der Waals surface area (Å²) in [7, 11) is -1.60. The molecule has 0 saturated carbocycles. The number of hydrogen-bond donors (Lipinski definition) is 0. The van der Waals surface area contributed by atoms with E-state index in [1.807, 2.05) is 13.8 Å². The number of ether oxygens (including phenoxy) is 2. The van der Waals surface area contributed by atoms with E-state index in [1.54, 1.807) is 12.1 Å². The molecule has 0 unspecified atom stereocenters. The first-order chi connectivity index (χ1) is 8.28. The van der Waals surface area contributed by atoms with Crippen LogP contribution in [0.3, 0.4) is 0 Å². The summed E-state index contributed by atoms with van der Waals surface area (Å²) in [5.74, 6) is 1.23. The van der Waals surface area contributed by atoms with E-state index >= 15 is 0 Å². The van der Waals surface area contributed by atoms with Gasteiger partial charge in [-0.3, -0.25) is 0 Å². The molecule has 1 aromatic carbocycles. The summed E-state index contributed by atoms with van der Waals surface area (Å²) in [6, 6.07) is 3.14. The third-order valence-electron chi connectivity index (χ3n) is 2.56. The van der Waals surface area contributed by atoms with Crippen LogP contribution in [-0.4, -0.2) is 14.2 Å². The topological polar surface area (TPSA) is 81.7 Å². The van der Waals surface area contributed by atoms with E-state index in [0.717, 1.165) is 5.56 Å². The second-order valence-electron chi connectivity index (χ2n) is 4.34. The van der Waals surface area contributed by atoms with Gasteiger partial charge in [-0.1, -0.05) is 21.4 Å². The smallest absolute Gasteiger partial charge is 0.126 e. The molecule has 0 bridgehead atoms. The predicted molar refractivity (Wildman–Crippen MR) is 64.9 cm³/mol. The molecule has 5 nitrogen and oxygen atoms in total. The lowest BCUT2D eigenvalue weighted by Crippen LogP contribution is -2.15. The average molecular weight is 272 g/mol. The predicted octanol–water partition coefficient (Wildman–Crippen LogP) is 1.24. The van der Waals surface area contributed by atoms with E-state index in [-0.39, 0.29) is 5.92 Å². The van der Waals surface area contributed by atoms with E-state index in [1.165, 1.54) is 14.2 Å². The van der Waals surface area contributed by atoms with E-state index < -0.39 is 13.8 Å². The van der Waals surface area contributed by atoms with Crippen molar-refractivity contribution in [2.24, 2.45) is 0 Å². The van der Waals surface area contributed by atoms with Crippen LogP contribution in [0.4, 0.5) is 0 Å². The van der Waals surface area contributed by atoms with Crippen molar-refractivity contribution in [3.8, 4) is 11.5 Å². The van der Waals surface area contributed by atoms with Gasteiger partial charge in [0.05, 0.1) is 14.2 Å². The Balaban J connectivity index is 3.30. The highest BCUT2D eigenvalue weighted by Gasteiger charge is 2.15. The minimum Gasteiger partial charge on any atom is -0.810 e. The molecule has 0 N–H and O–H groups in total. The molecule has 0 aliphatic heterocycles. The molecule has 0 radical (unpaired) electrons. The lowest BCUT2D eigenvalue weighted by molar-refractivity contribution is -0.314. The maximum atomic E-state index is 10.8. The molecule has 0 fully saturated rings. The summed E-state index contributed by atoms with van der Waals surface area (Å²) in [4.78, 5) is 21.6. The quantitative estimate of drug-likeness (QED) is 0.753. The molecular formula is C12H17O5P-2. The summed E-state index contributed by atoms with van der Waals surface area (Å²) in [5.41, 5.74) is 1.23. The van der Waals surface area contributed by atoms with Crippen molar-refractivity contribution < 1.29 is 23.8 Å². The van der Waals surface area contributed by atoms with Gasteiger partial charge in [-0.15, -0.1) is 0 Å². The number of rotatable bonds is 5. The lowest BCUT2D eigenvalue weighted by Gasteiger charge is -2.30. The minimum absolute atomic E-state index is 0.162. The Kier molecular flexibility index (Phi) is 4.79. The fraction of sp³-hybridized carbons (Fsp3) is 0.500. The molecule has 18 heavy (non-hydrogen) atoms. The zero-order valence-electron chi connectivity index (χ0n) is 10.9. The van der Waals surface area contributed by atoms with Crippen LogP contribution in [0.1, 0.15) is 30.9 Å². The normalized spacial score (nSPS) is 11.7. The lowest BCUT2D eigenvalue weighted by atomic mass is 9.99. The Bertz CT molecular complexity index is 439. The molecule has 0 spiro atoms. The molecule has 0 aromatic heterocycles. The Labute approximate surface area is 107 Å². The van der Waals surface area contributed by atoms with Gasteiger partial charge in [0.1, 0.15) is 11.5 Å². The molecule has 6 heteroatoms. The SMILES string of the molecule is COc1cc(CP(=O)([O-])[O-])cc(OC)c1C(C)C. The van der Waals surface area contributed by atoms with E-state index in [9.17, 15) is 14.4 Å². The summed E-state index contributed by atoms with van der Waals surface area (Å²) >= 11 is 0. The van der Waals surface area contributed by atoms with Gasteiger partial charge in [-0.2, -0.15) is 0 Å². The van der Waals surface area contributed by atoms with E-state index in [2.05, 4.69) is 0 Å². The van der Waals surface area contributed by atoms with Crippen molar-refractivity contribution >= 4 is 7.60 Å². The van der Waals surface area contributed by atoms with Gasteiger partial charge in [0, 0.05) is 11.7 Å². The first-order valence-electron chi connectivity index (χ1n) is 5.54. The monoisotopic (exact) mass is 272 g/mol. The van der Waals surface area contributed by atoms with Gasteiger partial charge in [0.25, 0.3) is 0 Å². The third kappa shape index (κ3) is 3.73. The highest BCUT2D eigenvalue weighted by molar-refractivity contribution is 7.47. The van der Waals surface area contributed by atoms with Gasteiger partial charge in [0.15, 0.2) is 0 Å². The second kappa shape index (κ2) is 5.74. The van der Waals surface area contributed by atoms with Crippen molar-refractivity contribution in [3.63, 3.8) is 0 Å². The molecule has 0 saturated heterocycles. The number of methoxy groups -OCH3 is 2. The molecule has 0 aliphatic rings. The first kappa shape index (κ1) is 15.0. The fourth-order valence-electron chi connectivity index (χ4n) is 1.88. The standard InChI is InChI=1S/C12H19O5P/c1-8(2)12-10(16-3)5-9(6-11(12)17-4)7-18(13,14)15/h5-6,8H,7H2,1-4H3,(H2,13,14,15)/p-2. The molecule has 0 atom stereocenters. The zero-order chi connectivity index (χ0) is 13.9. The molecule has 1 rings (SSSR count). The highest BCUT2D eigenvalue weighted by Crippen LogP contribution is 2.39. The Morgan fingerprint density at radius 1 is 1.17 bits per heavy atom. The zero-order valence-corrected chi connectivity index (χ0v) is 11.8. The van der Waals surface area contributed by atoms with E-state index in [0.29, 0.717) is 17.1 Å². The molecule has 1 aromatic rings. The third-order valence-corrected chi connectivity index (χ3v) is 3.31. The maximum Gasteiger partial charge on any atom is 0.126 e. The fourth-order valence-corrected chi connectivity index (χ4v) is 2.51. The number of hydrogen-bond acceptors (Lipinski definition) is 5. The number of benzene rings is 1. The van der Waals surface area contributed by atoms with Gasteiger partial charge in [0.2, 0.25) is 0 Å². The van der Waals surface area contributed by atoms with Crippen LogP contribution in [0.15, 0.2) is 12.1 Å². The van der Waals surface area contributed by atoms with Crippen LogP contribution >= 0.6 is 7.60 Å². The van der Waals surface area contributed by atoms with Crippen LogP contribution in [0, 0.1) is 0 Å². The van der Waals surface area contributed by atoms with Crippen molar-refractivity contribution in [3.05, 3.63) is 23.3 Å². The van der Waals surface area contributed by atoms with Gasteiger partial charge in [-0.25, -0.2) is 0 Å². The first-order valence-corrected chi connectivity index (χ1v) is 7.27. The summed E-state index contributed by atoms with van der Waals surface area (Å²) in [5, 5.41) is 0.